The van der Waals surface area contributed by atoms with Gasteiger partial charge in [0.2, 0.25) is 0 Å². The molecule has 0 aliphatic carbocycles. The molecule has 0 fully saturated rings. The van der Waals surface area contributed by atoms with Gasteiger partial charge in [0.1, 0.15) is 6.04 Å². The number of rotatable bonds is 5. The van der Waals surface area contributed by atoms with Gasteiger partial charge in [-0.1, -0.05) is 29.8 Å². The van der Waals surface area contributed by atoms with Gasteiger partial charge in [0.15, 0.2) is 0 Å². The highest BCUT2D eigenvalue weighted by Crippen LogP contribution is 2.16. The third-order valence-corrected chi connectivity index (χ3v) is 4.01. The summed E-state index contributed by atoms with van der Waals surface area (Å²) in [5.74, 6) is -1.49. The Balaban J connectivity index is 2.17. The van der Waals surface area contributed by atoms with Crippen LogP contribution in [0.4, 0.5) is 0 Å². The van der Waals surface area contributed by atoms with Crippen molar-refractivity contribution in [3.8, 4) is 0 Å². The molecule has 2 aromatic carbocycles. The number of benzene rings is 2. The molecular formula is C18H18ClNO3. The molecule has 5 heteroatoms. The molecular weight excluding hydrogens is 314 g/mol. The van der Waals surface area contributed by atoms with Crippen molar-refractivity contribution in [2.75, 3.05) is 0 Å². The Labute approximate surface area is 140 Å². The molecule has 1 atom stereocenters. The normalized spacial score (nSPS) is 11.8. The van der Waals surface area contributed by atoms with Crippen molar-refractivity contribution in [1.82, 2.24) is 5.32 Å². The topological polar surface area (TPSA) is 66.4 Å². The highest BCUT2D eigenvalue weighted by molar-refractivity contribution is 6.30. The molecule has 0 unspecified atom stereocenters. The van der Waals surface area contributed by atoms with Crippen LogP contribution >= 0.6 is 11.6 Å². The van der Waals surface area contributed by atoms with E-state index in [2.05, 4.69) is 5.32 Å². The molecule has 4 nitrogen and oxygen atoms in total. The van der Waals surface area contributed by atoms with E-state index in [-0.39, 0.29) is 6.42 Å². The number of carboxylic acid groups (broad SMARTS) is 1. The largest absolute Gasteiger partial charge is 0.480 e. The summed E-state index contributed by atoms with van der Waals surface area (Å²) in [4.78, 5) is 23.7. The lowest BCUT2D eigenvalue weighted by Crippen LogP contribution is -2.42. The fraction of sp³-hybridized carbons (Fsp3) is 0.222. The lowest BCUT2D eigenvalue weighted by atomic mass is 9.96. The van der Waals surface area contributed by atoms with Gasteiger partial charge >= 0.3 is 5.97 Å². The molecule has 0 spiro atoms. The Morgan fingerprint density at radius 2 is 1.65 bits per heavy atom. The number of carboxylic acids is 1. The van der Waals surface area contributed by atoms with E-state index in [1.807, 2.05) is 32.0 Å². The van der Waals surface area contributed by atoms with Crippen LogP contribution in [0.2, 0.25) is 5.02 Å². The van der Waals surface area contributed by atoms with E-state index in [9.17, 15) is 14.7 Å². The van der Waals surface area contributed by atoms with Crippen molar-refractivity contribution in [2.45, 2.75) is 26.3 Å². The van der Waals surface area contributed by atoms with Crippen LogP contribution in [0.25, 0.3) is 0 Å². The smallest absolute Gasteiger partial charge is 0.326 e. The van der Waals surface area contributed by atoms with Crippen LogP contribution in [0.1, 0.15) is 27.0 Å². The number of carbonyl (C=O) groups excluding carboxylic acids is 1. The van der Waals surface area contributed by atoms with Crippen molar-refractivity contribution in [1.29, 1.82) is 0 Å². The zero-order valence-corrected chi connectivity index (χ0v) is 13.7. The van der Waals surface area contributed by atoms with E-state index in [0.29, 0.717) is 10.6 Å². The number of aryl methyl sites for hydroxylation is 2. The molecule has 2 rings (SSSR count). The van der Waals surface area contributed by atoms with Crippen LogP contribution < -0.4 is 5.32 Å². The number of carbonyl (C=O) groups is 2. The lowest BCUT2D eigenvalue weighted by molar-refractivity contribution is -0.139. The second-order valence-corrected chi connectivity index (χ2v) is 5.88. The van der Waals surface area contributed by atoms with E-state index in [0.717, 1.165) is 16.7 Å². The van der Waals surface area contributed by atoms with Gasteiger partial charge < -0.3 is 10.4 Å². The second-order valence-electron chi connectivity index (χ2n) is 5.45. The van der Waals surface area contributed by atoms with Gasteiger partial charge in [-0.15, -0.1) is 0 Å². The van der Waals surface area contributed by atoms with Crippen LogP contribution in [-0.2, 0) is 11.2 Å². The van der Waals surface area contributed by atoms with Gasteiger partial charge in [0, 0.05) is 17.0 Å². The molecule has 0 heterocycles. The summed E-state index contributed by atoms with van der Waals surface area (Å²) in [5.41, 5.74) is 3.34. The van der Waals surface area contributed by atoms with Crippen LogP contribution in [0.3, 0.4) is 0 Å². The van der Waals surface area contributed by atoms with Gasteiger partial charge in [-0.2, -0.15) is 0 Å². The Bertz CT molecular complexity index is 705. The van der Waals surface area contributed by atoms with E-state index in [1.165, 1.54) is 0 Å². The van der Waals surface area contributed by atoms with Crippen molar-refractivity contribution in [2.24, 2.45) is 0 Å². The van der Waals surface area contributed by atoms with E-state index < -0.39 is 17.9 Å². The van der Waals surface area contributed by atoms with E-state index >= 15 is 0 Å². The fourth-order valence-electron chi connectivity index (χ4n) is 2.42. The summed E-state index contributed by atoms with van der Waals surface area (Å²) >= 11 is 5.79. The zero-order valence-electron chi connectivity index (χ0n) is 13.0. The standard InChI is InChI=1S/C18H18ClNO3/c1-11-4-3-5-12(2)15(11)10-16(18(22)23)20-17(21)13-6-8-14(19)9-7-13/h3-9,16H,10H2,1-2H3,(H,20,21)(H,22,23)/t16-/m1/s1. The molecule has 0 aromatic heterocycles. The van der Waals surface area contributed by atoms with Gasteiger partial charge in [-0.05, 0) is 54.8 Å². The highest BCUT2D eigenvalue weighted by atomic mass is 35.5. The fourth-order valence-corrected chi connectivity index (χ4v) is 2.54. The zero-order chi connectivity index (χ0) is 17.0. The predicted molar refractivity (Wildman–Crippen MR) is 90.0 cm³/mol. The number of amides is 1. The molecule has 2 N–H and O–H groups in total. The molecule has 1 amide bonds. The molecule has 23 heavy (non-hydrogen) atoms. The highest BCUT2D eigenvalue weighted by Gasteiger charge is 2.22. The minimum atomic E-state index is -1.06. The van der Waals surface area contributed by atoms with Crippen LogP contribution in [-0.4, -0.2) is 23.0 Å². The Kier molecular flexibility index (Phi) is 5.40. The summed E-state index contributed by atoms with van der Waals surface area (Å²) in [7, 11) is 0. The summed E-state index contributed by atoms with van der Waals surface area (Å²) in [6, 6.07) is 11.1. The average Bonchev–Trinajstić information content (AvgIpc) is 2.50. The minimum Gasteiger partial charge on any atom is -0.480 e. The lowest BCUT2D eigenvalue weighted by Gasteiger charge is -2.17. The predicted octanol–water partition coefficient (Wildman–Crippen LogP) is 3.38. The van der Waals surface area contributed by atoms with Crippen LogP contribution in [0, 0.1) is 13.8 Å². The molecule has 0 bridgehead atoms. The monoisotopic (exact) mass is 331 g/mol. The molecule has 0 aliphatic heterocycles. The van der Waals surface area contributed by atoms with Crippen molar-refractivity contribution in [3.05, 3.63) is 69.7 Å². The Morgan fingerprint density at radius 3 is 2.17 bits per heavy atom. The first kappa shape index (κ1) is 17.0. The van der Waals surface area contributed by atoms with Gasteiger partial charge in [-0.3, -0.25) is 4.79 Å². The maximum absolute atomic E-state index is 12.2. The first-order valence-electron chi connectivity index (χ1n) is 7.23. The van der Waals surface area contributed by atoms with Gasteiger partial charge in [0.05, 0.1) is 0 Å². The maximum Gasteiger partial charge on any atom is 0.326 e. The summed E-state index contributed by atoms with van der Waals surface area (Å²) in [5, 5.41) is 12.5. The number of hydrogen-bond donors (Lipinski definition) is 2. The summed E-state index contributed by atoms with van der Waals surface area (Å²) in [6.45, 7) is 3.87. The molecule has 0 radical (unpaired) electrons. The third kappa shape index (κ3) is 4.33. The molecule has 0 saturated heterocycles. The average molecular weight is 332 g/mol. The molecule has 2 aromatic rings. The van der Waals surface area contributed by atoms with Crippen molar-refractivity contribution in [3.63, 3.8) is 0 Å². The van der Waals surface area contributed by atoms with Gasteiger partial charge in [-0.25, -0.2) is 4.79 Å². The summed E-state index contributed by atoms with van der Waals surface area (Å²) in [6.07, 6.45) is 0.243. The minimum absolute atomic E-state index is 0.243. The quantitative estimate of drug-likeness (QED) is 0.882. The third-order valence-electron chi connectivity index (χ3n) is 3.76. The Hall–Kier alpha value is -2.33. The number of halogens is 1. The van der Waals surface area contributed by atoms with E-state index in [4.69, 9.17) is 11.6 Å². The van der Waals surface area contributed by atoms with Crippen LogP contribution in [0.5, 0.6) is 0 Å². The molecule has 0 saturated carbocycles. The van der Waals surface area contributed by atoms with Crippen molar-refractivity contribution < 1.29 is 14.7 Å². The maximum atomic E-state index is 12.2. The SMILES string of the molecule is Cc1cccc(C)c1C[C@@H](NC(=O)c1ccc(Cl)cc1)C(=O)O. The van der Waals surface area contributed by atoms with Crippen molar-refractivity contribution >= 4 is 23.5 Å². The molecule has 0 aliphatic rings. The number of aliphatic carboxylic acids is 1. The number of hydrogen-bond acceptors (Lipinski definition) is 2. The number of nitrogens with one attached hydrogen (secondary N) is 1. The second kappa shape index (κ2) is 7.29. The summed E-state index contributed by atoms with van der Waals surface area (Å²) < 4.78 is 0. The first-order valence-corrected chi connectivity index (χ1v) is 7.60. The molecule has 120 valence electrons. The van der Waals surface area contributed by atoms with Crippen LogP contribution in [0.15, 0.2) is 42.5 Å². The Morgan fingerprint density at radius 1 is 1.09 bits per heavy atom. The van der Waals surface area contributed by atoms with E-state index in [1.54, 1.807) is 24.3 Å². The first-order chi connectivity index (χ1) is 10.9. The van der Waals surface area contributed by atoms with Gasteiger partial charge in [0.25, 0.3) is 5.91 Å².